The molecule has 0 aromatic carbocycles. The molecular formula is C14H19N5O. The van der Waals surface area contributed by atoms with Gasteiger partial charge in [0.1, 0.15) is 0 Å². The first-order valence-corrected chi connectivity index (χ1v) is 6.88. The van der Waals surface area contributed by atoms with Crippen LogP contribution in [-0.4, -0.2) is 51.2 Å². The second-order valence-corrected chi connectivity index (χ2v) is 5.42. The van der Waals surface area contributed by atoms with Crippen molar-refractivity contribution in [1.29, 1.82) is 0 Å². The van der Waals surface area contributed by atoms with Crippen LogP contribution in [0.1, 0.15) is 23.0 Å². The molecular weight excluding hydrogens is 254 g/mol. The van der Waals surface area contributed by atoms with Gasteiger partial charge in [-0.1, -0.05) is 0 Å². The minimum absolute atomic E-state index is 0.0712. The van der Waals surface area contributed by atoms with Gasteiger partial charge in [-0.15, -0.1) is 0 Å². The molecule has 1 saturated heterocycles. The summed E-state index contributed by atoms with van der Waals surface area (Å²) in [6.45, 7) is 6.32. The van der Waals surface area contributed by atoms with Crippen LogP contribution in [0.25, 0.3) is 11.0 Å². The Labute approximate surface area is 117 Å². The van der Waals surface area contributed by atoms with E-state index in [9.17, 15) is 4.79 Å². The maximum Gasteiger partial charge on any atom is 0.254 e. The molecule has 106 valence electrons. The van der Waals surface area contributed by atoms with Gasteiger partial charge in [0, 0.05) is 38.4 Å². The molecule has 1 unspecified atom stereocenters. The largest absolute Gasteiger partial charge is 0.336 e. The van der Waals surface area contributed by atoms with Crippen LogP contribution in [-0.2, 0) is 7.05 Å². The lowest BCUT2D eigenvalue weighted by Gasteiger charge is -2.32. The molecule has 0 saturated carbocycles. The SMILES string of the molecule is Cc1cc(C(=O)N2CCNC(C)C2)c2cnn(C)c2n1. The molecule has 3 heterocycles. The third-order valence-corrected chi connectivity index (χ3v) is 3.72. The number of nitrogens with one attached hydrogen (secondary N) is 1. The highest BCUT2D eigenvalue weighted by Gasteiger charge is 2.24. The van der Waals surface area contributed by atoms with Crippen molar-refractivity contribution in [3.63, 3.8) is 0 Å². The molecule has 0 spiro atoms. The maximum atomic E-state index is 12.8. The molecule has 20 heavy (non-hydrogen) atoms. The van der Waals surface area contributed by atoms with Crippen LogP contribution in [0, 0.1) is 6.92 Å². The summed E-state index contributed by atoms with van der Waals surface area (Å²) in [6.07, 6.45) is 1.72. The Morgan fingerprint density at radius 1 is 1.50 bits per heavy atom. The van der Waals surface area contributed by atoms with Gasteiger partial charge in [0.15, 0.2) is 5.65 Å². The fourth-order valence-corrected chi connectivity index (χ4v) is 2.70. The number of hydrogen-bond donors (Lipinski definition) is 1. The normalized spacial score (nSPS) is 19.6. The van der Waals surface area contributed by atoms with E-state index in [2.05, 4.69) is 22.3 Å². The van der Waals surface area contributed by atoms with E-state index in [1.54, 1.807) is 10.9 Å². The smallest absolute Gasteiger partial charge is 0.254 e. The second-order valence-electron chi connectivity index (χ2n) is 5.42. The molecule has 0 radical (unpaired) electrons. The maximum absolute atomic E-state index is 12.8. The van der Waals surface area contributed by atoms with E-state index in [-0.39, 0.29) is 5.91 Å². The first kappa shape index (κ1) is 13.1. The molecule has 6 nitrogen and oxygen atoms in total. The van der Waals surface area contributed by atoms with Crippen LogP contribution in [0.4, 0.5) is 0 Å². The highest BCUT2D eigenvalue weighted by Crippen LogP contribution is 2.20. The lowest BCUT2D eigenvalue weighted by molar-refractivity contribution is 0.0711. The molecule has 0 bridgehead atoms. The minimum Gasteiger partial charge on any atom is -0.336 e. The predicted octanol–water partition coefficient (Wildman–Crippen LogP) is 0.711. The van der Waals surface area contributed by atoms with Gasteiger partial charge in [0.2, 0.25) is 0 Å². The first-order chi connectivity index (χ1) is 9.56. The fraction of sp³-hybridized carbons (Fsp3) is 0.500. The second kappa shape index (κ2) is 4.86. The number of fused-ring (bicyclic) bond motifs is 1. The molecule has 1 fully saturated rings. The topological polar surface area (TPSA) is 63.1 Å². The quantitative estimate of drug-likeness (QED) is 0.831. The third-order valence-electron chi connectivity index (χ3n) is 3.72. The minimum atomic E-state index is 0.0712. The Morgan fingerprint density at radius 2 is 2.30 bits per heavy atom. The molecule has 1 aliphatic heterocycles. The van der Waals surface area contributed by atoms with Crippen LogP contribution < -0.4 is 5.32 Å². The summed E-state index contributed by atoms with van der Waals surface area (Å²) in [5.74, 6) is 0.0712. The summed E-state index contributed by atoms with van der Waals surface area (Å²) >= 11 is 0. The Kier molecular flexibility index (Phi) is 3.17. The van der Waals surface area contributed by atoms with Crippen molar-refractivity contribution in [3.05, 3.63) is 23.5 Å². The van der Waals surface area contributed by atoms with Crippen molar-refractivity contribution in [1.82, 2.24) is 25.0 Å². The van der Waals surface area contributed by atoms with Gasteiger partial charge in [-0.3, -0.25) is 9.48 Å². The summed E-state index contributed by atoms with van der Waals surface area (Å²) in [5.41, 5.74) is 2.30. The van der Waals surface area contributed by atoms with Crippen molar-refractivity contribution >= 4 is 16.9 Å². The average molecular weight is 273 g/mol. The summed E-state index contributed by atoms with van der Waals surface area (Å²) in [7, 11) is 1.84. The number of piperazine rings is 1. The molecule has 1 amide bonds. The molecule has 6 heteroatoms. The number of carbonyl (C=O) groups excluding carboxylic acids is 1. The Balaban J connectivity index is 2.02. The average Bonchev–Trinajstić information content (AvgIpc) is 2.79. The highest BCUT2D eigenvalue weighted by atomic mass is 16.2. The van der Waals surface area contributed by atoms with E-state index in [0.717, 1.165) is 36.4 Å². The van der Waals surface area contributed by atoms with Gasteiger partial charge >= 0.3 is 0 Å². The van der Waals surface area contributed by atoms with E-state index >= 15 is 0 Å². The number of amides is 1. The zero-order chi connectivity index (χ0) is 14.3. The Hall–Kier alpha value is -1.95. The Morgan fingerprint density at radius 3 is 3.05 bits per heavy atom. The molecule has 0 aliphatic carbocycles. The molecule has 1 atom stereocenters. The summed E-state index contributed by atoms with van der Waals surface area (Å²) in [5, 5.41) is 8.39. The van der Waals surface area contributed by atoms with Crippen LogP contribution in [0.2, 0.25) is 0 Å². The fourth-order valence-electron chi connectivity index (χ4n) is 2.70. The monoisotopic (exact) mass is 273 g/mol. The number of hydrogen-bond acceptors (Lipinski definition) is 4. The van der Waals surface area contributed by atoms with E-state index < -0.39 is 0 Å². The van der Waals surface area contributed by atoms with Gasteiger partial charge in [-0.2, -0.15) is 5.10 Å². The van der Waals surface area contributed by atoms with Crippen molar-refractivity contribution in [2.24, 2.45) is 7.05 Å². The lowest BCUT2D eigenvalue weighted by Crippen LogP contribution is -2.51. The van der Waals surface area contributed by atoms with Gasteiger partial charge in [0.05, 0.1) is 17.1 Å². The standard InChI is InChI=1S/C14H19N5O/c1-9-6-11(12-7-16-18(3)13(12)17-9)14(20)19-5-4-15-10(2)8-19/h6-7,10,15H,4-5,8H2,1-3H3. The van der Waals surface area contributed by atoms with Crippen LogP contribution in [0.3, 0.4) is 0 Å². The van der Waals surface area contributed by atoms with Crippen molar-refractivity contribution in [3.8, 4) is 0 Å². The summed E-state index contributed by atoms with van der Waals surface area (Å²) in [6, 6.07) is 2.19. The van der Waals surface area contributed by atoms with Gasteiger partial charge < -0.3 is 10.2 Å². The van der Waals surface area contributed by atoms with Crippen LogP contribution >= 0.6 is 0 Å². The molecule has 3 rings (SSSR count). The van der Waals surface area contributed by atoms with E-state index in [4.69, 9.17) is 0 Å². The Bertz CT molecular complexity index is 663. The van der Waals surface area contributed by atoms with Crippen molar-refractivity contribution in [2.75, 3.05) is 19.6 Å². The number of rotatable bonds is 1. The predicted molar refractivity (Wildman–Crippen MR) is 76.6 cm³/mol. The first-order valence-electron chi connectivity index (χ1n) is 6.88. The van der Waals surface area contributed by atoms with E-state index in [1.807, 2.05) is 24.9 Å². The van der Waals surface area contributed by atoms with Crippen LogP contribution in [0.5, 0.6) is 0 Å². The van der Waals surface area contributed by atoms with Crippen molar-refractivity contribution in [2.45, 2.75) is 19.9 Å². The van der Waals surface area contributed by atoms with E-state index in [1.165, 1.54) is 0 Å². The zero-order valence-electron chi connectivity index (χ0n) is 12.1. The van der Waals surface area contributed by atoms with E-state index in [0.29, 0.717) is 11.6 Å². The number of nitrogens with zero attached hydrogens (tertiary/aromatic N) is 4. The van der Waals surface area contributed by atoms with Crippen molar-refractivity contribution < 1.29 is 4.79 Å². The molecule has 1 N–H and O–H groups in total. The third kappa shape index (κ3) is 2.16. The number of aryl methyl sites for hydroxylation is 2. The van der Waals surface area contributed by atoms with Gasteiger partial charge in [0.25, 0.3) is 5.91 Å². The lowest BCUT2D eigenvalue weighted by atomic mass is 10.1. The highest BCUT2D eigenvalue weighted by molar-refractivity contribution is 6.05. The molecule has 2 aromatic rings. The summed E-state index contributed by atoms with van der Waals surface area (Å²) in [4.78, 5) is 19.1. The van der Waals surface area contributed by atoms with Crippen LogP contribution in [0.15, 0.2) is 12.3 Å². The summed E-state index contributed by atoms with van der Waals surface area (Å²) < 4.78 is 1.71. The number of carbonyl (C=O) groups is 1. The number of aromatic nitrogens is 3. The molecule has 1 aliphatic rings. The van der Waals surface area contributed by atoms with Gasteiger partial charge in [-0.05, 0) is 19.9 Å². The zero-order valence-corrected chi connectivity index (χ0v) is 12.1. The van der Waals surface area contributed by atoms with Gasteiger partial charge in [-0.25, -0.2) is 4.98 Å². The molecule has 2 aromatic heterocycles. The number of pyridine rings is 1.